The highest BCUT2D eigenvalue weighted by molar-refractivity contribution is 8.76. The van der Waals surface area contributed by atoms with Gasteiger partial charge in [0.15, 0.2) is 11.0 Å². The van der Waals surface area contributed by atoms with E-state index in [1.54, 1.807) is 41.5 Å². The number of nitrogen functional groups attached to an aromatic ring is 2. The average molecular weight is 782 g/mol. The molecule has 1 aromatic carbocycles. The molecular weight excluding hydrogens is 741 g/mol. The first-order valence-electron chi connectivity index (χ1n) is 18.3. The van der Waals surface area contributed by atoms with Crippen LogP contribution in [0.4, 0.5) is 11.6 Å². The van der Waals surface area contributed by atoms with Crippen LogP contribution in [0.2, 0.25) is 0 Å². The highest BCUT2D eigenvalue weighted by Gasteiger charge is 2.61. The van der Waals surface area contributed by atoms with E-state index >= 15 is 0 Å². The monoisotopic (exact) mass is 781 g/mol. The molecule has 0 saturated carbocycles. The molecule has 0 radical (unpaired) electrons. The number of carbonyl (C=O) groups is 1. The van der Waals surface area contributed by atoms with E-state index in [0.29, 0.717) is 66.0 Å². The number of anilines is 2. The van der Waals surface area contributed by atoms with Crippen LogP contribution < -0.4 is 26.5 Å². The summed E-state index contributed by atoms with van der Waals surface area (Å²) in [5.74, 6) is 2.10. The van der Waals surface area contributed by atoms with Crippen LogP contribution in [0.15, 0.2) is 68.1 Å². The standard InChI is InChI=1S/C40H40N6O7S2/c1-20-10-29(47)35-31(50-20)15-30-25(36(35)48)14-33-39(2,52-30)7-9-54-55-19-26-24(13-23(44-37(26)42)17-46-16-22-6-8-43-28(22)18-46)27-11-21(12-34(41)45-27)4-5-32-40(3,53-32)38(49)51-33/h6,8,10-13,15,18,32-33,48H,4-5,7,9,14,16-17,19H2,1-3H3,(H2,41,45)(H2,42,44)/p+1/t32-,33-,39+,40-/m1/s1. The van der Waals surface area contributed by atoms with Gasteiger partial charge in [-0.3, -0.25) is 14.7 Å². The highest BCUT2D eigenvalue weighted by atomic mass is 33.1. The lowest BCUT2D eigenvalue weighted by Crippen LogP contribution is -3.04. The van der Waals surface area contributed by atoms with E-state index in [0.717, 1.165) is 40.3 Å². The number of quaternary nitrogens is 1. The number of ether oxygens (including phenoxy) is 3. The number of hydrogen-bond acceptors (Lipinski definition) is 14. The number of pyridine rings is 2. The van der Waals surface area contributed by atoms with Crippen molar-refractivity contribution in [1.29, 1.82) is 0 Å². The van der Waals surface area contributed by atoms with Gasteiger partial charge in [0.2, 0.25) is 0 Å². The number of hydrogen-bond donors (Lipinski definition) is 4. The quantitative estimate of drug-likeness (QED) is 0.128. The summed E-state index contributed by atoms with van der Waals surface area (Å²) in [4.78, 5) is 42.1. The van der Waals surface area contributed by atoms with Crippen molar-refractivity contribution in [1.82, 2.24) is 9.97 Å². The number of phenolic OH excluding ortho intramolecular Hbond substituents is 1. The Morgan fingerprint density at radius 3 is 2.75 bits per heavy atom. The van der Waals surface area contributed by atoms with Crippen molar-refractivity contribution in [2.75, 3.05) is 23.8 Å². The first kappa shape index (κ1) is 35.8. The molecule has 3 aromatic heterocycles. The van der Waals surface area contributed by atoms with Gasteiger partial charge in [-0.25, -0.2) is 14.8 Å². The van der Waals surface area contributed by atoms with Crippen LogP contribution >= 0.6 is 21.6 Å². The molecule has 1 saturated heterocycles. The minimum atomic E-state index is -1.16. The molecule has 0 aliphatic carbocycles. The van der Waals surface area contributed by atoms with E-state index in [1.165, 1.54) is 16.5 Å². The predicted octanol–water partition coefficient (Wildman–Crippen LogP) is 4.36. The van der Waals surface area contributed by atoms with Gasteiger partial charge < -0.3 is 35.2 Å². The lowest BCUT2D eigenvalue weighted by Gasteiger charge is -2.42. The Balaban J connectivity index is 1.04. The lowest BCUT2D eigenvalue weighted by molar-refractivity contribution is -0.852. The SMILES string of the molecule is Cc1cc(=O)c2c(O)c3c(cc2o1)O[C@@]1(C)CCSSCc2c(cc(C[NH+]4C=C5N=CC=C5C4)nc2N)-c2cc(cc(N)n2)CC[C@H]2O[C@@]2(C)C(=O)O[C@@H]1C3. The van der Waals surface area contributed by atoms with Crippen molar-refractivity contribution in [2.45, 2.75) is 82.2 Å². The van der Waals surface area contributed by atoms with E-state index < -0.39 is 23.3 Å². The third-order valence-corrected chi connectivity index (χ3v) is 13.5. The van der Waals surface area contributed by atoms with Crippen molar-refractivity contribution in [3.05, 3.63) is 92.2 Å². The molecule has 0 spiro atoms. The number of esters is 1. The van der Waals surface area contributed by atoms with Gasteiger partial charge in [-0.05, 0) is 63.5 Å². The first-order chi connectivity index (χ1) is 26.4. The summed E-state index contributed by atoms with van der Waals surface area (Å²) in [6.45, 7) is 6.81. The second-order valence-electron chi connectivity index (χ2n) is 15.2. The Morgan fingerprint density at radius 1 is 1.05 bits per heavy atom. The van der Waals surface area contributed by atoms with Crippen molar-refractivity contribution >= 4 is 56.4 Å². The fourth-order valence-electron chi connectivity index (χ4n) is 8.05. The van der Waals surface area contributed by atoms with E-state index in [-0.39, 0.29) is 34.7 Å². The second-order valence-corrected chi connectivity index (χ2v) is 17.8. The summed E-state index contributed by atoms with van der Waals surface area (Å²) in [7, 11) is 3.28. The Labute approximate surface area is 324 Å². The molecule has 1 unspecified atom stereocenters. The number of allylic oxidation sites excluding steroid dienone is 1. The Hall–Kier alpha value is -4.83. The predicted molar refractivity (Wildman–Crippen MR) is 212 cm³/mol. The third kappa shape index (κ3) is 6.56. The molecule has 1 fully saturated rings. The molecular formula is C40H41N6O7S2+. The zero-order valence-corrected chi connectivity index (χ0v) is 32.3. The number of fused-ring (bicyclic) bond motifs is 9. The molecule has 284 valence electrons. The number of nitrogens with zero attached hydrogens (tertiary/aromatic N) is 3. The maximum atomic E-state index is 13.9. The van der Waals surface area contributed by atoms with Crippen LogP contribution in [-0.2, 0) is 39.4 Å². The Bertz CT molecular complexity index is 2450. The molecule has 55 heavy (non-hydrogen) atoms. The van der Waals surface area contributed by atoms with E-state index in [9.17, 15) is 14.7 Å². The van der Waals surface area contributed by atoms with Crippen molar-refractivity contribution in [2.24, 2.45) is 4.99 Å². The summed E-state index contributed by atoms with van der Waals surface area (Å²) in [6, 6.07) is 8.95. The van der Waals surface area contributed by atoms with Crippen LogP contribution in [0.3, 0.4) is 0 Å². The van der Waals surface area contributed by atoms with Crippen LogP contribution in [0, 0.1) is 6.92 Å². The molecule has 5 aliphatic heterocycles. The van der Waals surface area contributed by atoms with Gasteiger partial charge >= 0.3 is 5.97 Å². The zero-order valence-electron chi connectivity index (χ0n) is 30.6. The first-order valence-corrected chi connectivity index (χ1v) is 20.8. The number of rotatable bonds is 2. The number of benzene rings is 1. The van der Waals surface area contributed by atoms with E-state index in [4.69, 9.17) is 40.1 Å². The fraction of sp³-hybridized carbons (Fsp3) is 0.375. The van der Waals surface area contributed by atoms with Crippen LogP contribution in [0.5, 0.6) is 11.5 Å². The molecule has 15 heteroatoms. The van der Waals surface area contributed by atoms with Gasteiger partial charge in [-0.1, -0.05) is 21.6 Å². The summed E-state index contributed by atoms with van der Waals surface area (Å²) in [6.07, 6.45) is 6.63. The molecule has 5 atom stereocenters. The molecule has 5 aliphatic rings. The fourth-order valence-corrected chi connectivity index (χ4v) is 10.4. The van der Waals surface area contributed by atoms with Crippen molar-refractivity contribution in [3.8, 4) is 22.8 Å². The van der Waals surface area contributed by atoms with Gasteiger partial charge in [0.25, 0.3) is 0 Å². The number of aryl methyl sites for hydroxylation is 2. The van der Waals surface area contributed by atoms with Gasteiger partial charge in [-0.2, -0.15) is 0 Å². The van der Waals surface area contributed by atoms with Gasteiger partial charge in [0.1, 0.15) is 76.6 Å². The molecule has 8 heterocycles. The molecule has 6 N–H and O–H groups in total. The van der Waals surface area contributed by atoms with Crippen molar-refractivity contribution < 1.29 is 33.4 Å². The number of aliphatic imine (C=N–C) groups is 1. The smallest absolute Gasteiger partial charge is 0.341 e. The number of aromatic hydroxyl groups is 1. The van der Waals surface area contributed by atoms with Crippen LogP contribution in [-0.4, -0.2) is 63.0 Å². The molecule has 13 nitrogen and oxygen atoms in total. The Kier molecular flexibility index (Phi) is 8.75. The van der Waals surface area contributed by atoms with Crippen molar-refractivity contribution in [3.63, 3.8) is 0 Å². The minimum Gasteiger partial charge on any atom is -0.507 e. The molecule has 9 rings (SSSR count). The maximum Gasteiger partial charge on any atom is 0.341 e. The van der Waals surface area contributed by atoms with Gasteiger partial charge in [0.05, 0.1) is 17.5 Å². The number of nitrogens with one attached hydrogen (secondary N) is 1. The number of aromatic nitrogens is 2. The largest absolute Gasteiger partial charge is 0.507 e. The summed E-state index contributed by atoms with van der Waals surface area (Å²) >= 11 is 0. The van der Waals surface area contributed by atoms with Gasteiger partial charge in [-0.15, -0.1) is 0 Å². The normalized spacial score (nSPS) is 27.3. The topological polar surface area (TPSA) is 193 Å². The third-order valence-electron chi connectivity index (χ3n) is 11.2. The van der Waals surface area contributed by atoms with Gasteiger partial charge in [0, 0.05) is 65.0 Å². The summed E-state index contributed by atoms with van der Waals surface area (Å²) in [5, 5.41) is 11.4. The van der Waals surface area contributed by atoms with E-state index in [2.05, 4.69) is 23.3 Å². The lowest BCUT2D eigenvalue weighted by atomic mass is 9.86. The summed E-state index contributed by atoms with van der Waals surface area (Å²) < 4.78 is 24.7. The molecule has 4 aromatic rings. The van der Waals surface area contributed by atoms with Crippen LogP contribution in [0.1, 0.15) is 54.8 Å². The second kappa shape index (κ2) is 13.4. The van der Waals surface area contributed by atoms with Crippen LogP contribution in [0.25, 0.3) is 22.2 Å². The Morgan fingerprint density at radius 2 is 1.91 bits per heavy atom. The molecule has 2 bridgehead atoms. The zero-order chi connectivity index (χ0) is 38.2. The highest BCUT2D eigenvalue weighted by Crippen LogP contribution is 2.47. The minimum absolute atomic E-state index is 0.0676. The average Bonchev–Trinajstić information content (AvgIpc) is 3.37. The number of nitrogens with two attached hydrogens (primary N) is 2. The maximum absolute atomic E-state index is 13.9. The number of carbonyl (C=O) groups excluding carboxylic acids is 1. The summed E-state index contributed by atoms with van der Waals surface area (Å²) in [5.41, 5.74) is 17.8. The number of phenols is 1. The van der Waals surface area contributed by atoms with E-state index in [1.807, 2.05) is 25.3 Å². The number of epoxide rings is 1. The molecule has 0 amide bonds.